The molecule has 1 amide bonds. The number of nitrogens with zero attached hydrogens (tertiary/aromatic N) is 2. The molecular weight excluding hydrogens is 252 g/mol. The van der Waals surface area contributed by atoms with Gasteiger partial charge in [0.1, 0.15) is 0 Å². The molecular formula is C11H12N4O2S. The summed E-state index contributed by atoms with van der Waals surface area (Å²) in [6, 6.07) is 3.43. The lowest BCUT2D eigenvalue weighted by atomic mass is 10.4. The Morgan fingerprint density at radius 3 is 3.11 bits per heavy atom. The lowest BCUT2D eigenvalue weighted by Gasteiger charge is -2.03. The van der Waals surface area contributed by atoms with Crippen LogP contribution in [0.15, 0.2) is 33.9 Å². The van der Waals surface area contributed by atoms with Crippen molar-refractivity contribution in [3.63, 3.8) is 0 Å². The number of amides is 1. The van der Waals surface area contributed by atoms with Crippen LogP contribution >= 0.6 is 11.8 Å². The fourth-order valence-corrected chi connectivity index (χ4v) is 2.00. The second-order valence-corrected chi connectivity index (χ2v) is 4.60. The maximum absolute atomic E-state index is 11.6. The SMILES string of the molecule is Cc1cc(NC(=O)CSc2ccncc2N)on1. The van der Waals surface area contributed by atoms with Gasteiger partial charge in [0, 0.05) is 17.2 Å². The Kier molecular flexibility index (Phi) is 3.83. The first-order valence-corrected chi connectivity index (χ1v) is 6.19. The molecule has 0 unspecified atom stereocenters. The molecule has 0 spiro atoms. The molecule has 0 aliphatic rings. The van der Waals surface area contributed by atoms with Crippen LogP contribution in [0.4, 0.5) is 11.6 Å². The lowest BCUT2D eigenvalue weighted by Crippen LogP contribution is -2.13. The first-order valence-electron chi connectivity index (χ1n) is 5.20. The van der Waals surface area contributed by atoms with E-state index in [1.165, 1.54) is 11.8 Å². The number of nitrogen functional groups attached to an aromatic ring is 1. The molecule has 94 valence electrons. The standard InChI is InChI=1S/C11H12N4O2S/c1-7-4-11(17-15-7)14-10(16)6-18-9-2-3-13-5-8(9)12/h2-5H,6,12H2,1H3,(H,14,16). The number of aryl methyl sites for hydroxylation is 1. The van der Waals surface area contributed by atoms with Gasteiger partial charge in [0.05, 0.1) is 23.3 Å². The number of carbonyl (C=O) groups excluding carboxylic acids is 1. The average molecular weight is 264 g/mol. The van der Waals surface area contributed by atoms with Gasteiger partial charge in [-0.05, 0) is 13.0 Å². The largest absolute Gasteiger partial charge is 0.397 e. The first kappa shape index (κ1) is 12.4. The number of hydrogen-bond donors (Lipinski definition) is 2. The molecule has 0 aromatic carbocycles. The molecule has 0 radical (unpaired) electrons. The predicted octanol–water partition coefficient (Wildman–Crippen LogP) is 1.69. The summed E-state index contributed by atoms with van der Waals surface area (Å²) in [6.07, 6.45) is 3.19. The van der Waals surface area contributed by atoms with Gasteiger partial charge in [-0.3, -0.25) is 15.1 Å². The third-order valence-electron chi connectivity index (χ3n) is 2.06. The molecule has 2 heterocycles. The maximum Gasteiger partial charge on any atom is 0.237 e. The van der Waals surface area contributed by atoms with Gasteiger partial charge >= 0.3 is 0 Å². The van der Waals surface area contributed by atoms with E-state index < -0.39 is 0 Å². The molecule has 6 nitrogen and oxygen atoms in total. The summed E-state index contributed by atoms with van der Waals surface area (Å²) in [6.45, 7) is 1.78. The van der Waals surface area contributed by atoms with Crippen LogP contribution in [0.2, 0.25) is 0 Å². The van der Waals surface area contributed by atoms with Gasteiger partial charge in [0.25, 0.3) is 0 Å². The van der Waals surface area contributed by atoms with Crippen LogP contribution in [0.25, 0.3) is 0 Å². The highest BCUT2D eigenvalue weighted by Gasteiger charge is 2.08. The smallest absolute Gasteiger partial charge is 0.237 e. The molecule has 0 aliphatic carbocycles. The minimum atomic E-state index is -0.174. The summed E-state index contributed by atoms with van der Waals surface area (Å²) in [5, 5.41) is 6.28. The number of nitrogens with two attached hydrogens (primary N) is 1. The second kappa shape index (κ2) is 5.54. The Morgan fingerprint density at radius 2 is 2.44 bits per heavy atom. The molecule has 0 saturated carbocycles. The van der Waals surface area contributed by atoms with Crippen LogP contribution in [0.1, 0.15) is 5.69 Å². The minimum Gasteiger partial charge on any atom is -0.397 e. The van der Waals surface area contributed by atoms with Crippen molar-refractivity contribution in [1.29, 1.82) is 0 Å². The summed E-state index contributed by atoms with van der Waals surface area (Å²) >= 11 is 1.34. The van der Waals surface area contributed by atoms with Crippen molar-refractivity contribution in [2.24, 2.45) is 0 Å². The van der Waals surface area contributed by atoms with Gasteiger partial charge < -0.3 is 10.3 Å². The molecule has 0 atom stereocenters. The van der Waals surface area contributed by atoms with Gasteiger partial charge in [-0.2, -0.15) is 0 Å². The van der Waals surface area contributed by atoms with Crippen LogP contribution in [-0.2, 0) is 4.79 Å². The maximum atomic E-state index is 11.6. The third-order valence-corrected chi connectivity index (χ3v) is 3.15. The van der Waals surface area contributed by atoms with Gasteiger partial charge in [-0.25, -0.2) is 0 Å². The highest BCUT2D eigenvalue weighted by Crippen LogP contribution is 2.23. The molecule has 18 heavy (non-hydrogen) atoms. The molecule has 7 heteroatoms. The highest BCUT2D eigenvalue weighted by molar-refractivity contribution is 8.00. The summed E-state index contributed by atoms with van der Waals surface area (Å²) in [4.78, 5) is 16.3. The molecule has 0 saturated heterocycles. The zero-order valence-electron chi connectivity index (χ0n) is 9.71. The minimum absolute atomic E-state index is 0.174. The number of nitrogens with one attached hydrogen (secondary N) is 1. The van der Waals surface area contributed by atoms with Crippen LogP contribution in [-0.4, -0.2) is 21.8 Å². The number of pyridine rings is 1. The molecule has 2 aromatic heterocycles. The van der Waals surface area contributed by atoms with Gasteiger partial charge in [-0.15, -0.1) is 11.8 Å². The fraction of sp³-hybridized carbons (Fsp3) is 0.182. The summed E-state index contributed by atoms with van der Waals surface area (Å²) in [5.41, 5.74) is 7.00. The van der Waals surface area contributed by atoms with Crippen molar-refractivity contribution < 1.29 is 9.32 Å². The quantitative estimate of drug-likeness (QED) is 0.816. The van der Waals surface area contributed by atoms with Crippen LogP contribution in [0.5, 0.6) is 0 Å². The van der Waals surface area contributed by atoms with E-state index in [1.54, 1.807) is 31.5 Å². The van der Waals surface area contributed by atoms with Gasteiger partial charge in [0.15, 0.2) is 0 Å². The lowest BCUT2D eigenvalue weighted by molar-refractivity contribution is -0.113. The fourth-order valence-electron chi connectivity index (χ4n) is 1.26. The second-order valence-electron chi connectivity index (χ2n) is 3.58. The van der Waals surface area contributed by atoms with E-state index in [9.17, 15) is 4.79 Å². The Labute approximate surface area is 108 Å². The molecule has 0 fully saturated rings. The average Bonchev–Trinajstić information content (AvgIpc) is 2.74. The summed E-state index contributed by atoms with van der Waals surface area (Å²) in [7, 11) is 0. The topological polar surface area (TPSA) is 94.0 Å². The molecule has 3 N–H and O–H groups in total. The van der Waals surface area contributed by atoms with E-state index in [4.69, 9.17) is 10.3 Å². The highest BCUT2D eigenvalue weighted by atomic mass is 32.2. The monoisotopic (exact) mass is 264 g/mol. The Bertz CT molecular complexity index is 555. The number of hydrogen-bond acceptors (Lipinski definition) is 6. The zero-order valence-corrected chi connectivity index (χ0v) is 10.5. The summed E-state index contributed by atoms with van der Waals surface area (Å²) in [5.74, 6) is 0.418. The van der Waals surface area contributed by atoms with Crippen LogP contribution in [0, 0.1) is 6.92 Å². The number of thioether (sulfide) groups is 1. The normalized spacial score (nSPS) is 10.3. The van der Waals surface area contributed by atoms with E-state index in [0.29, 0.717) is 11.6 Å². The summed E-state index contributed by atoms with van der Waals surface area (Å²) < 4.78 is 4.88. The van der Waals surface area contributed by atoms with Crippen molar-refractivity contribution in [3.8, 4) is 0 Å². The number of rotatable bonds is 4. The van der Waals surface area contributed by atoms with Crippen molar-refractivity contribution in [2.75, 3.05) is 16.8 Å². The Hall–Kier alpha value is -2.02. The van der Waals surface area contributed by atoms with Gasteiger partial charge in [-0.1, -0.05) is 5.16 Å². The Balaban J connectivity index is 1.87. The number of carbonyl (C=O) groups is 1. The third kappa shape index (κ3) is 3.24. The van der Waals surface area contributed by atoms with Crippen LogP contribution < -0.4 is 11.1 Å². The van der Waals surface area contributed by atoms with E-state index in [-0.39, 0.29) is 11.7 Å². The van der Waals surface area contributed by atoms with Crippen molar-refractivity contribution in [3.05, 3.63) is 30.2 Å². The van der Waals surface area contributed by atoms with Gasteiger partial charge in [0.2, 0.25) is 11.8 Å². The molecule has 2 aromatic rings. The number of aromatic nitrogens is 2. The van der Waals surface area contributed by atoms with Crippen LogP contribution in [0.3, 0.4) is 0 Å². The van der Waals surface area contributed by atoms with Crippen molar-refractivity contribution in [1.82, 2.24) is 10.1 Å². The zero-order chi connectivity index (χ0) is 13.0. The van der Waals surface area contributed by atoms with E-state index in [0.717, 1.165) is 10.6 Å². The Morgan fingerprint density at radius 1 is 1.61 bits per heavy atom. The molecule has 2 rings (SSSR count). The molecule has 0 bridgehead atoms. The van der Waals surface area contributed by atoms with Crippen molar-refractivity contribution in [2.45, 2.75) is 11.8 Å². The number of anilines is 2. The first-order chi connectivity index (χ1) is 8.65. The van der Waals surface area contributed by atoms with E-state index >= 15 is 0 Å². The van der Waals surface area contributed by atoms with E-state index in [1.807, 2.05) is 0 Å². The molecule has 0 aliphatic heterocycles. The van der Waals surface area contributed by atoms with E-state index in [2.05, 4.69) is 15.5 Å². The predicted molar refractivity (Wildman–Crippen MR) is 69.2 cm³/mol. The van der Waals surface area contributed by atoms with Crippen molar-refractivity contribution >= 4 is 29.2 Å².